The summed E-state index contributed by atoms with van der Waals surface area (Å²) in [4.78, 5) is 12.1. The van der Waals surface area contributed by atoms with Crippen molar-refractivity contribution in [2.45, 2.75) is 56.6 Å². The van der Waals surface area contributed by atoms with Gasteiger partial charge in [-0.15, -0.1) is 0 Å². The second kappa shape index (κ2) is 8.37. The SMILES string of the molecule is CC(C)(C)OC(=O)NC1CCN(S(=O)(=O)c2cccc(CCO)c2)CC1. The molecule has 0 radical (unpaired) electrons. The second-order valence-electron chi connectivity index (χ2n) is 7.45. The standard InChI is InChI=1S/C18H28N2O5S/c1-18(2,3)25-17(22)19-15-7-10-20(11-8-15)26(23,24)16-6-4-5-14(13-16)9-12-21/h4-6,13,15,21H,7-12H2,1-3H3,(H,19,22). The van der Waals surface area contributed by atoms with Gasteiger partial charge in [0.15, 0.2) is 0 Å². The Morgan fingerprint density at radius 1 is 1.31 bits per heavy atom. The molecule has 7 nitrogen and oxygen atoms in total. The van der Waals surface area contributed by atoms with E-state index in [4.69, 9.17) is 9.84 Å². The molecule has 1 aromatic rings. The van der Waals surface area contributed by atoms with Gasteiger partial charge in [-0.3, -0.25) is 0 Å². The van der Waals surface area contributed by atoms with Crippen molar-refractivity contribution in [3.8, 4) is 0 Å². The molecule has 1 heterocycles. The smallest absolute Gasteiger partial charge is 0.407 e. The number of benzene rings is 1. The van der Waals surface area contributed by atoms with Gasteiger partial charge in [-0.2, -0.15) is 4.31 Å². The number of carbonyl (C=O) groups is 1. The maximum atomic E-state index is 12.8. The van der Waals surface area contributed by atoms with E-state index in [1.807, 2.05) is 0 Å². The summed E-state index contributed by atoms with van der Waals surface area (Å²) in [6.07, 6.45) is 1.02. The van der Waals surface area contributed by atoms with E-state index in [-0.39, 0.29) is 17.5 Å². The molecule has 0 unspecified atom stereocenters. The summed E-state index contributed by atoms with van der Waals surface area (Å²) in [5, 5.41) is 11.8. The molecule has 0 bridgehead atoms. The first-order chi connectivity index (χ1) is 12.1. The lowest BCUT2D eigenvalue weighted by atomic mass is 10.1. The number of hydrogen-bond acceptors (Lipinski definition) is 5. The average Bonchev–Trinajstić information content (AvgIpc) is 2.54. The van der Waals surface area contributed by atoms with Gasteiger partial charge in [0.2, 0.25) is 10.0 Å². The Hall–Kier alpha value is -1.64. The van der Waals surface area contributed by atoms with Crippen molar-refractivity contribution in [1.29, 1.82) is 0 Å². The highest BCUT2D eigenvalue weighted by Crippen LogP contribution is 2.22. The molecule has 2 rings (SSSR count). The van der Waals surface area contributed by atoms with Crippen molar-refractivity contribution in [1.82, 2.24) is 9.62 Å². The van der Waals surface area contributed by atoms with E-state index in [0.29, 0.717) is 32.4 Å². The van der Waals surface area contributed by atoms with E-state index in [1.165, 1.54) is 4.31 Å². The van der Waals surface area contributed by atoms with Gasteiger partial charge in [0, 0.05) is 25.7 Å². The molecule has 1 aliphatic heterocycles. The van der Waals surface area contributed by atoms with E-state index in [9.17, 15) is 13.2 Å². The van der Waals surface area contributed by atoms with Crippen molar-refractivity contribution in [2.75, 3.05) is 19.7 Å². The van der Waals surface area contributed by atoms with Gasteiger partial charge in [-0.05, 0) is 57.7 Å². The van der Waals surface area contributed by atoms with Crippen molar-refractivity contribution in [3.05, 3.63) is 29.8 Å². The molecular weight excluding hydrogens is 356 g/mol. The average molecular weight is 384 g/mol. The molecule has 1 aromatic carbocycles. The van der Waals surface area contributed by atoms with Crippen LogP contribution in [0.3, 0.4) is 0 Å². The number of carbonyl (C=O) groups excluding carboxylic acids is 1. The van der Waals surface area contributed by atoms with E-state index < -0.39 is 21.7 Å². The third-order valence-corrected chi connectivity index (χ3v) is 6.01. The topological polar surface area (TPSA) is 95.9 Å². The number of ether oxygens (including phenoxy) is 1. The number of hydrogen-bond donors (Lipinski definition) is 2. The van der Waals surface area contributed by atoms with Crippen LogP contribution in [0.15, 0.2) is 29.2 Å². The summed E-state index contributed by atoms with van der Waals surface area (Å²) in [7, 11) is -3.58. The predicted molar refractivity (Wildman–Crippen MR) is 98.4 cm³/mol. The Bertz CT molecular complexity index is 719. The lowest BCUT2D eigenvalue weighted by Gasteiger charge is -2.32. The molecule has 1 saturated heterocycles. The molecule has 0 aromatic heterocycles. The molecular formula is C18H28N2O5S. The van der Waals surface area contributed by atoms with E-state index in [1.54, 1.807) is 45.0 Å². The first kappa shape index (κ1) is 20.7. The Kier molecular flexibility index (Phi) is 6.65. The minimum absolute atomic E-state index is 0.0226. The highest BCUT2D eigenvalue weighted by molar-refractivity contribution is 7.89. The van der Waals surface area contributed by atoms with Crippen LogP contribution in [0, 0.1) is 0 Å². The Morgan fingerprint density at radius 3 is 2.54 bits per heavy atom. The third-order valence-electron chi connectivity index (χ3n) is 4.11. The Labute approximate surface area is 155 Å². The third kappa shape index (κ3) is 5.69. The highest BCUT2D eigenvalue weighted by atomic mass is 32.2. The van der Waals surface area contributed by atoms with Crippen molar-refractivity contribution in [3.63, 3.8) is 0 Å². The number of alkyl carbamates (subject to hydrolysis) is 1. The fourth-order valence-corrected chi connectivity index (χ4v) is 4.39. The number of amides is 1. The molecule has 1 fully saturated rings. The molecule has 0 spiro atoms. The summed E-state index contributed by atoms with van der Waals surface area (Å²) in [6.45, 7) is 6.05. The Morgan fingerprint density at radius 2 is 1.96 bits per heavy atom. The van der Waals surface area contributed by atoms with Crippen LogP contribution in [0.25, 0.3) is 0 Å². The van der Waals surface area contributed by atoms with E-state index in [0.717, 1.165) is 5.56 Å². The van der Waals surface area contributed by atoms with E-state index >= 15 is 0 Å². The van der Waals surface area contributed by atoms with Crippen molar-refractivity contribution >= 4 is 16.1 Å². The number of nitrogens with one attached hydrogen (secondary N) is 1. The number of aliphatic hydroxyl groups is 1. The zero-order valence-corrected chi connectivity index (χ0v) is 16.4. The van der Waals surface area contributed by atoms with Gasteiger partial charge in [0.1, 0.15) is 5.60 Å². The summed E-state index contributed by atoms with van der Waals surface area (Å²) >= 11 is 0. The molecule has 0 aliphatic carbocycles. The van der Waals surface area contributed by atoms with Gasteiger partial charge in [0.05, 0.1) is 4.90 Å². The zero-order chi connectivity index (χ0) is 19.4. The number of rotatable bonds is 5. The normalized spacial score (nSPS) is 17.1. The molecule has 0 saturated carbocycles. The molecule has 1 amide bonds. The quantitative estimate of drug-likeness (QED) is 0.808. The fraction of sp³-hybridized carbons (Fsp3) is 0.611. The van der Waals surface area contributed by atoms with Crippen LogP contribution >= 0.6 is 0 Å². The molecule has 1 aliphatic rings. The number of piperidine rings is 1. The molecule has 26 heavy (non-hydrogen) atoms. The maximum Gasteiger partial charge on any atom is 0.407 e. The van der Waals surface area contributed by atoms with Crippen LogP contribution in [-0.4, -0.2) is 55.3 Å². The molecule has 2 N–H and O–H groups in total. The summed E-state index contributed by atoms with van der Waals surface area (Å²) in [6, 6.07) is 6.57. The van der Waals surface area contributed by atoms with Crippen LogP contribution in [0.1, 0.15) is 39.2 Å². The number of aliphatic hydroxyl groups excluding tert-OH is 1. The van der Waals surface area contributed by atoms with Gasteiger partial charge in [-0.25, -0.2) is 13.2 Å². The molecule has 0 atom stereocenters. The monoisotopic (exact) mass is 384 g/mol. The van der Waals surface area contributed by atoms with Crippen LogP contribution in [0.5, 0.6) is 0 Å². The first-order valence-corrected chi connectivity index (χ1v) is 10.3. The van der Waals surface area contributed by atoms with E-state index in [2.05, 4.69) is 5.32 Å². The summed E-state index contributed by atoms with van der Waals surface area (Å²) in [5.41, 5.74) is 0.225. The first-order valence-electron chi connectivity index (χ1n) is 8.81. The van der Waals surface area contributed by atoms with Crippen LogP contribution < -0.4 is 5.32 Å². The van der Waals surface area contributed by atoms with Crippen LogP contribution in [-0.2, 0) is 21.2 Å². The van der Waals surface area contributed by atoms with Gasteiger partial charge < -0.3 is 15.2 Å². The summed E-state index contributed by atoms with van der Waals surface area (Å²) in [5.74, 6) is 0. The zero-order valence-electron chi connectivity index (χ0n) is 15.6. The Balaban J connectivity index is 1.96. The lowest BCUT2D eigenvalue weighted by molar-refractivity contribution is 0.0489. The largest absolute Gasteiger partial charge is 0.444 e. The fourth-order valence-electron chi connectivity index (χ4n) is 2.85. The maximum absolute atomic E-state index is 12.8. The minimum Gasteiger partial charge on any atom is -0.444 e. The lowest BCUT2D eigenvalue weighted by Crippen LogP contribution is -2.47. The van der Waals surface area contributed by atoms with Crippen molar-refractivity contribution < 1.29 is 23.1 Å². The summed E-state index contributed by atoms with van der Waals surface area (Å²) < 4.78 is 32.3. The highest BCUT2D eigenvalue weighted by Gasteiger charge is 2.30. The van der Waals surface area contributed by atoms with Crippen molar-refractivity contribution in [2.24, 2.45) is 0 Å². The van der Waals surface area contributed by atoms with Gasteiger partial charge in [-0.1, -0.05) is 12.1 Å². The van der Waals surface area contributed by atoms with Gasteiger partial charge >= 0.3 is 6.09 Å². The minimum atomic E-state index is -3.58. The molecule has 8 heteroatoms. The van der Waals surface area contributed by atoms with Gasteiger partial charge in [0.25, 0.3) is 0 Å². The number of sulfonamides is 1. The van der Waals surface area contributed by atoms with Crippen LogP contribution in [0.2, 0.25) is 0 Å². The van der Waals surface area contributed by atoms with Crippen LogP contribution in [0.4, 0.5) is 4.79 Å². The predicted octanol–water partition coefficient (Wildman–Crippen LogP) is 1.90. The molecule has 146 valence electrons. The number of nitrogens with zero attached hydrogens (tertiary/aromatic N) is 1. The second-order valence-corrected chi connectivity index (χ2v) is 9.38.